The van der Waals surface area contributed by atoms with E-state index >= 15 is 0 Å². The summed E-state index contributed by atoms with van der Waals surface area (Å²) in [4.78, 5) is 20.8. The molecule has 0 amide bonds. The van der Waals surface area contributed by atoms with Gasteiger partial charge in [-0.2, -0.15) is 0 Å². The standard InChI is InChI=1S/C20H19N5OS/c1-11-12(2)26-16(23-11)10-22-19-17-14-6-3-7-15(14)27-20(17)25-18(24-19)13-5-4-8-21-9-13/h4-5,8-9H,3,6-7,10H2,1-2H3,(H,22,24,25). The van der Waals surface area contributed by atoms with Crippen LogP contribution in [0.15, 0.2) is 28.9 Å². The second kappa shape index (κ2) is 6.42. The maximum absolute atomic E-state index is 5.71. The molecule has 1 aliphatic rings. The van der Waals surface area contributed by atoms with Gasteiger partial charge in [0.1, 0.15) is 16.4 Å². The Labute approximate surface area is 160 Å². The molecule has 0 fully saturated rings. The fraction of sp³-hybridized carbons (Fsp3) is 0.300. The minimum atomic E-state index is 0.498. The predicted molar refractivity (Wildman–Crippen MR) is 106 cm³/mol. The summed E-state index contributed by atoms with van der Waals surface area (Å²) >= 11 is 1.79. The van der Waals surface area contributed by atoms with E-state index in [0.29, 0.717) is 18.3 Å². The van der Waals surface area contributed by atoms with Crippen molar-refractivity contribution in [3.63, 3.8) is 0 Å². The number of aromatic nitrogens is 4. The number of thiophene rings is 1. The molecular weight excluding hydrogens is 358 g/mol. The number of aryl methyl sites for hydroxylation is 4. The number of fused-ring (bicyclic) bond motifs is 3. The van der Waals surface area contributed by atoms with Gasteiger partial charge in [0.2, 0.25) is 5.89 Å². The summed E-state index contributed by atoms with van der Waals surface area (Å²) in [6, 6.07) is 3.89. The van der Waals surface area contributed by atoms with Crippen molar-refractivity contribution in [2.45, 2.75) is 39.7 Å². The van der Waals surface area contributed by atoms with Gasteiger partial charge in [-0.25, -0.2) is 15.0 Å². The average Bonchev–Trinajstić information content (AvgIpc) is 3.35. The van der Waals surface area contributed by atoms with E-state index in [1.54, 1.807) is 23.7 Å². The third-order valence-corrected chi connectivity index (χ3v) is 6.15. The van der Waals surface area contributed by atoms with Crippen LogP contribution in [-0.4, -0.2) is 19.9 Å². The molecule has 4 aromatic heterocycles. The van der Waals surface area contributed by atoms with E-state index in [9.17, 15) is 0 Å². The molecule has 0 radical (unpaired) electrons. The second-order valence-corrected chi connectivity index (χ2v) is 7.86. The molecule has 1 N–H and O–H groups in total. The maximum atomic E-state index is 5.71. The van der Waals surface area contributed by atoms with Crippen molar-refractivity contribution in [1.82, 2.24) is 19.9 Å². The van der Waals surface area contributed by atoms with Crippen LogP contribution in [-0.2, 0) is 19.4 Å². The normalized spacial score (nSPS) is 13.3. The molecule has 27 heavy (non-hydrogen) atoms. The molecule has 4 heterocycles. The SMILES string of the molecule is Cc1nc(CNc2nc(-c3cccnc3)nc3sc4c(c23)CCC4)oc1C. The van der Waals surface area contributed by atoms with Gasteiger partial charge < -0.3 is 9.73 Å². The molecule has 0 atom stereocenters. The van der Waals surface area contributed by atoms with Crippen LogP contribution in [0.1, 0.15) is 34.2 Å². The van der Waals surface area contributed by atoms with Crippen molar-refractivity contribution in [2.24, 2.45) is 0 Å². The number of rotatable bonds is 4. The van der Waals surface area contributed by atoms with Crippen LogP contribution in [0.5, 0.6) is 0 Å². The lowest BCUT2D eigenvalue weighted by Crippen LogP contribution is -2.04. The fourth-order valence-electron chi connectivity index (χ4n) is 3.52. The van der Waals surface area contributed by atoms with Crippen molar-refractivity contribution < 1.29 is 4.42 Å². The summed E-state index contributed by atoms with van der Waals surface area (Å²) in [6.07, 6.45) is 6.99. The topological polar surface area (TPSA) is 76.7 Å². The van der Waals surface area contributed by atoms with Gasteiger partial charge in [0.05, 0.1) is 17.6 Å². The summed E-state index contributed by atoms with van der Waals surface area (Å²) in [7, 11) is 0. The molecule has 7 heteroatoms. The summed E-state index contributed by atoms with van der Waals surface area (Å²) in [5, 5.41) is 4.60. The molecule has 0 spiro atoms. The van der Waals surface area contributed by atoms with Crippen molar-refractivity contribution in [3.05, 3.63) is 52.3 Å². The molecule has 1 aliphatic carbocycles. The van der Waals surface area contributed by atoms with Gasteiger partial charge in [-0.3, -0.25) is 4.98 Å². The Hall–Kier alpha value is -2.80. The highest BCUT2D eigenvalue weighted by Gasteiger charge is 2.23. The van der Waals surface area contributed by atoms with Gasteiger partial charge in [-0.15, -0.1) is 11.3 Å². The van der Waals surface area contributed by atoms with Crippen LogP contribution in [0.4, 0.5) is 5.82 Å². The maximum Gasteiger partial charge on any atom is 0.213 e. The summed E-state index contributed by atoms with van der Waals surface area (Å²) in [5.41, 5.74) is 3.24. The van der Waals surface area contributed by atoms with Crippen molar-refractivity contribution >= 4 is 27.4 Å². The molecule has 5 rings (SSSR count). The predicted octanol–water partition coefficient (Wildman–Crippen LogP) is 4.46. The highest BCUT2D eigenvalue weighted by atomic mass is 32.1. The first-order chi connectivity index (χ1) is 13.2. The molecule has 0 unspecified atom stereocenters. The number of oxazole rings is 1. The Bertz CT molecular complexity index is 1110. The van der Waals surface area contributed by atoms with Gasteiger partial charge in [0, 0.05) is 22.8 Å². The molecule has 0 aromatic carbocycles. The fourth-order valence-corrected chi connectivity index (χ4v) is 4.78. The average molecular weight is 377 g/mol. The minimum Gasteiger partial charge on any atom is -0.444 e. The highest BCUT2D eigenvalue weighted by Crippen LogP contribution is 2.40. The third kappa shape index (κ3) is 2.88. The zero-order chi connectivity index (χ0) is 18.4. The first-order valence-electron chi connectivity index (χ1n) is 9.08. The lowest BCUT2D eigenvalue weighted by atomic mass is 10.2. The molecule has 6 nitrogen and oxygen atoms in total. The van der Waals surface area contributed by atoms with Gasteiger partial charge in [-0.05, 0) is 50.8 Å². The Balaban J connectivity index is 1.59. The molecule has 0 bridgehead atoms. The van der Waals surface area contributed by atoms with Crippen molar-refractivity contribution in [1.29, 1.82) is 0 Å². The van der Waals surface area contributed by atoms with Gasteiger partial charge >= 0.3 is 0 Å². The molecule has 0 saturated heterocycles. The van der Waals surface area contributed by atoms with E-state index in [2.05, 4.69) is 15.3 Å². The lowest BCUT2D eigenvalue weighted by molar-refractivity contribution is 0.478. The lowest BCUT2D eigenvalue weighted by Gasteiger charge is -2.09. The second-order valence-electron chi connectivity index (χ2n) is 6.78. The van der Waals surface area contributed by atoms with Gasteiger partial charge in [-0.1, -0.05) is 0 Å². The minimum absolute atomic E-state index is 0.498. The molecule has 0 saturated carbocycles. The molecule has 136 valence electrons. The number of nitrogens with one attached hydrogen (secondary N) is 1. The van der Waals surface area contributed by atoms with Crippen LogP contribution in [0.2, 0.25) is 0 Å². The summed E-state index contributed by atoms with van der Waals surface area (Å²) in [6.45, 7) is 4.39. The molecule has 4 aromatic rings. The van der Waals surface area contributed by atoms with Crippen LogP contribution in [0.25, 0.3) is 21.6 Å². The largest absolute Gasteiger partial charge is 0.444 e. The van der Waals surface area contributed by atoms with Crippen molar-refractivity contribution in [3.8, 4) is 11.4 Å². The van der Waals surface area contributed by atoms with Crippen LogP contribution >= 0.6 is 11.3 Å². The van der Waals surface area contributed by atoms with Crippen LogP contribution < -0.4 is 5.32 Å². The first kappa shape index (κ1) is 16.4. The highest BCUT2D eigenvalue weighted by molar-refractivity contribution is 7.19. The number of pyridine rings is 1. The first-order valence-corrected chi connectivity index (χ1v) is 9.90. The monoisotopic (exact) mass is 377 g/mol. The molecular formula is C20H19N5OS. The number of hydrogen-bond donors (Lipinski definition) is 1. The van der Waals surface area contributed by atoms with Gasteiger partial charge in [0.15, 0.2) is 5.82 Å². The quantitative estimate of drug-likeness (QED) is 0.566. The van der Waals surface area contributed by atoms with E-state index in [-0.39, 0.29) is 0 Å². The van der Waals surface area contributed by atoms with E-state index in [4.69, 9.17) is 14.4 Å². The Morgan fingerprint density at radius 1 is 1.19 bits per heavy atom. The van der Waals surface area contributed by atoms with E-state index < -0.39 is 0 Å². The van der Waals surface area contributed by atoms with Crippen molar-refractivity contribution in [2.75, 3.05) is 5.32 Å². The zero-order valence-electron chi connectivity index (χ0n) is 15.2. The Kier molecular flexibility index (Phi) is 3.89. The number of anilines is 1. The van der Waals surface area contributed by atoms with E-state index in [1.807, 2.05) is 26.0 Å². The number of hydrogen-bond acceptors (Lipinski definition) is 7. The van der Waals surface area contributed by atoms with Crippen LogP contribution in [0, 0.1) is 13.8 Å². The van der Waals surface area contributed by atoms with E-state index in [0.717, 1.165) is 45.9 Å². The Morgan fingerprint density at radius 2 is 2.11 bits per heavy atom. The smallest absolute Gasteiger partial charge is 0.213 e. The summed E-state index contributed by atoms with van der Waals surface area (Å²) in [5.74, 6) is 3.07. The third-order valence-electron chi connectivity index (χ3n) is 4.96. The summed E-state index contributed by atoms with van der Waals surface area (Å²) < 4.78 is 5.71. The molecule has 0 aliphatic heterocycles. The van der Waals surface area contributed by atoms with E-state index in [1.165, 1.54) is 16.9 Å². The van der Waals surface area contributed by atoms with Crippen LogP contribution in [0.3, 0.4) is 0 Å². The zero-order valence-corrected chi connectivity index (χ0v) is 16.1. The Morgan fingerprint density at radius 3 is 2.89 bits per heavy atom. The van der Waals surface area contributed by atoms with Gasteiger partial charge in [0.25, 0.3) is 0 Å². The number of nitrogens with zero attached hydrogens (tertiary/aromatic N) is 4.